The second-order valence-corrected chi connectivity index (χ2v) is 4.29. The van der Waals surface area contributed by atoms with Gasteiger partial charge in [0, 0.05) is 0 Å². The fourth-order valence-corrected chi connectivity index (χ4v) is 1.92. The second-order valence-electron chi connectivity index (χ2n) is 4.29. The van der Waals surface area contributed by atoms with Crippen molar-refractivity contribution < 1.29 is 29.7 Å². The maximum Gasteiger partial charge on any atom is 0.337 e. The lowest BCUT2D eigenvalue weighted by molar-refractivity contribution is 0.0633. The Morgan fingerprint density at radius 2 is 1.40 bits per heavy atom. The van der Waals surface area contributed by atoms with Crippen LogP contribution in [0.1, 0.15) is 55.9 Å². The summed E-state index contributed by atoms with van der Waals surface area (Å²) in [6.07, 6.45) is 2.76. The second kappa shape index (κ2) is 6.70. The monoisotopic (exact) mass is 279 g/mol. The van der Waals surface area contributed by atoms with E-state index < -0.39 is 34.6 Å². The zero-order valence-electron chi connectivity index (χ0n) is 10.8. The van der Waals surface area contributed by atoms with Crippen LogP contribution in [0.2, 0.25) is 0 Å². The summed E-state index contributed by atoms with van der Waals surface area (Å²) < 4.78 is 0. The van der Waals surface area contributed by atoms with Gasteiger partial charge in [-0.1, -0.05) is 19.8 Å². The Kier molecular flexibility index (Phi) is 5.25. The fourth-order valence-electron chi connectivity index (χ4n) is 1.92. The topological polar surface area (TPSA) is 112 Å². The number of hydrogen-bond donors (Lipinski definition) is 3. The molecule has 0 heterocycles. The zero-order chi connectivity index (χ0) is 15.3. The van der Waals surface area contributed by atoms with Crippen molar-refractivity contribution in [1.82, 2.24) is 0 Å². The van der Waals surface area contributed by atoms with E-state index in [1.165, 1.54) is 12.1 Å². The SMILES string of the molecule is [CH2]CCCCc1cc(C(=O)O)c(C(=O)O)c(C(=O)O)c1. The highest BCUT2D eigenvalue weighted by Crippen LogP contribution is 2.20. The largest absolute Gasteiger partial charge is 0.478 e. The van der Waals surface area contributed by atoms with Crippen molar-refractivity contribution in [3.05, 3.63) is 41.3 Å². The minimum Gasteiger partial charge on any atom is -0.478 e. The summed E-state index contributed by atoms with van der Waals surface area (Å²) in [5, 5.41) is 27.1. The predicted octanol–water partition coefficient (Wildman–Crippen LogP) is 2.33. The molecule has 107 valence electrons. The maximum absolute atomic E-state index is 11.1. The predicted molar refractivity (Wildman–Crippen MR) is 70.2 cm³/mol. The summed E-state index contributed by atoms with van der Waals surface area (Å²) in [5.41, 5.74) is -1.19. The Morgan fingerprint density at radius 1 is 0.900 bits per heavy atom. The molecule has 0 aliphatic carbocycles. The molecule has 0 saturated heterocycles. The number of hydrogen-bond acceptors (Lipinski definition) is 3. The quantitative estimate of drug-likeness (QED) is 0.660. The number of carboxylic acids is 3. The number of rotatable bonds is 7. The summed E-state index contributed by atoms with van der Waals surface area (Å²) in [4.78, 5) is 33.3. The first-order valence-electron chi connectivity index (χ1n) is 6.04. The van der Waals surface area contributed by atoms with Gasteiger partial charge in [0.15, 0.2) is 0 Å². The van der Waals surface area contributed by atoms with Crippen LogP contribution < -0.4 is 0 Å². The highest BCUT2D eigenvalue weighted by Gasteiger charge is 2.24. The van der Waals surface area contributed by atoms with Crippen LogP contribution >= 0.6 is 0 Å². The molecule has 1 radical (unpaired) electrons. The highest BCUT2D eigenvalue weighted by molar-refractivity contribution is 6.09. The van der Waals surface area contributed by atoms with Gasteiger partial charge in [-0.2, -0.15) is 0 Å². The van der Waals surface area contributed by atoms with E-state index in [9.17, 15) is 14.4 Å². The smallest absolute Gasteiger partial charge is 0.337 e. The first-order chi connectivity index (χ1) is 9.38. The van der Waals surface area contributed by atoms with Crippen molar-refractivity contribution >= 4 is 17.9 Å². The fraction of sp³-hybridized carbons (Fsp3) is 0.286. The molecule has 0 saturated carbocycles. The summed E-state index contributed by atoms with van der Waals surface area (Å²) in [6, 6.07) is 2.45. The lowest BCUT2D eigenvalue weighted by Gasteiger charge is -2.09. The molecule has 0 fully saturated rings. The minimum atomic E-state index is -1.57. The van der Waals surface area contributed by atoms with E-state index in [2.05, 4.69) is 6.92 Å². The molecule has 0 spiro atoms. The van der Waals surface area contributed by atoms with Crippen LogP contribution in [0.5, 0.6) is 0 Å². The Morgan fingerprint density at radius 3 is 1.75 bits per heavy atom. The normalized spacial score (nSPS) is 10.2. The van der Waals surface area contributed by atoms with Gasteiger partial charge in [0.2, 0.25) is 0 Å². The van der Waals surface area contributed by atoms with Gasteiger partial charge in [-0.05, 0) is 30.5 Å². The third kappa shape index (κ3) is 3.57. The third-order valence-electron chi connectivity index (χ3n) is 2.84. The molecule has 6 nitrogen and oxygen atoms in total. The molecule has 0 amide bonds. The molecule has 0 bridgehead atoms. The Labute approximate surface area is 115 Å². The van der Waals surface area contributed by atoms with Gasteiger partial charge in [0.25, 0.3) is 0 Å². The number of benzene rings is 1. The highest BCUT2D eigenvalue weighted by atomic mass is 16.4. The lowest BCUT2D eigenvalue weighted by atomic mass is 9.95. The third-order valence-corrected chi connectivity index (χ3v) is 2.84. The van der Waals surface area contributed by atoms with E-state index in [4.69, 9.17) is 15.3 Å². The van der Waals surface area contributed by atoms with Gasteiger partial charge >= 0.3 is 17.9 Å². The minimum absolute atomic E-state index is 0.482. The number of unbranched alkanes of at least 4 members (excludes halogenated alkanes) is 2. The molecular formula is C14H15O6. The molecular weight excluding hydrogens is 264 g/mol. The van der Waals surface area contributed by atoms with Gasteiger partial charge in [-0.25, -0.2) is 14.4 Å². The van der Waals surface area contributed by atoms with E-state index in [0.29, 0.717) is 12.0 Å². The maximum atomic E-state index is 11.1. The molecule has 1 aromatic rings. The Balaban J connectivity index is 3.35. The van der Waals surface area contributed by atoms with Crippen LogP contribution in [0.25, 0.3) is 0 Å². The average molecular weight is 279 g/mol. The van der Waals surface area contributed by atoms with Crippen molar-refractivity contribution in [2.75, 3.05) is 0 Å². The van der Waals surface area contributed by atoms with Crippen molar-refractivity contribution in [2.45, 2.75) is 25.7 Å². The number of aromatic carboxylic acids is 3. The standard InChI is InChI=1S/C14H15O6/c1-2-3-4-5-8-6-9(12(15)16)11(14(19)20)10(7-8)13(17)18/h6-7H,1-5H2,(H,15,16)(H,17,18)(H,19,20). The van der Waals surface area contributed by atoms with Crippen molar-refractivity contribution in [3.8, 4) is 0 Å². The van der Waals surface area contributed by atoms with Crippen LogP contribution in [-0.4, -0.2) is 33.2 Å². The van der Waals surface area contributed by atoms with Gasteiger partial charge < -0.3 is 15.3 Å². The van der Waals surface area contributed by atoms with E-state index >= 15 is 0 Å². The first kappa shape index (κ1) is 15.7. The average Bonchev–Trinajstić information content (AvgIpc) is 2.37. The number of carboxylic acid groups (broad SMARTS) is 3. The van der Waals surface area contributed by atoms with E-state index in [1.807, 2.05) is 0 Å². The molecule has 0 aliphatic heterocycles. The molecule has 0 unspecified atom stereocenters. The molecule has 0 atom stereocenters. The van der Waals surface area contributed by atoms with Crippen LogP contribution in [0.3, 0.4) is 0 Å². The van der Waals surface area contributed by atoms with Crippen LogP contribution in [0.4, 0.5) is 0 Å². The van der Waals surface area contributed by atoms with E-state index in [-0.39, 0.29) is 0 Å². The van der Waals surface area contributed by atoms with E-state index in [1.54, 1.807) is 0 Å². The van der Waals surface area contributed by atoms with Crippen molar-refractivity contribution in [2.24, 2.45) is 0 Å². The summed E-state index contributed by atoms with van der Waals surface area (Å²) in [7, 11) is 0. The van der Waals surface area contributed by atoms with Crippen LogP contribution in [0.15, 0.2) is 12.1 Å². The van der Waals surface area contributed by atoms with Crippen LogP contribution in [-0.2, 0) is 6.42 Å². The Bertz CT molecular complexity index is 512. The first-order valence-corrected chi connectivity index (χ1v) is 6.04. The summed E-state index contributed by atoms with van der Waals surface area (Å²) in [6.45, 7) is 3.68. The number of carbonyl (C=O) groups is 3. The molecule has 3 N–H and O–H groups in total. The molecule has 0 aliphatic rings. The molecule has 20 heavy (non-hydrogen) atoms. The molecule has 1 rings (SSSR count). The molecule has 6 heteroatoms. The van der Waals surface area contributed by atoms with Crippen LogP contribution in [0, 0.1) is 6.92 Å². The van der Waals surface area contributed by atoms with E-state index in [0.717, 1.165) is 19.3 Å². The lowest BCUT2D eigenvalue weighted by Crippen LogP contribution is -2.15. The van der Waals surface area contributed by atoms with Gasteiger partial charge in [-0.15, -0.1) is 0 Å². The molecule has 1 aromatic carbocycles. The Hall–Kier alpha value is -2.37. The zero-order valence-corrected chi connectivity index (χ0v) is 10.8. The summed E-state index contributed by atoms with van der Waals surface area (Å²) >= 11 is 0. The van der Waals surface area contributed by atoms with Gasteiger partial charge in [0.1, 0.15) is 0 Å². The van der Waals surface area contributed by atoms with Crippen molar-refractivity contribution in [3.63, 3.8) is 0 Å². The van der Waals surface area contributed by atoms with Crippen molar-refractivity contribution in [1.29, 1.82) is 0 Å². The number of aryl methyl sites for hydroxylation is 1. The molecule has 0 aromatic heterocycles. The van der Waals surface area contributed by atoms with Gasteiger partial charge in [0.05, 0.1) is 16.7 Å². The van der Waals surface area contributed by atoms with Gasteiger partial charge in [-0.3, -0.25) is 0 Å². The summed E-state index contributed by atoms with van der Waals surface area (Å²) in [5.74, 6) is -4.48.